The van der Waals surface area contributed by atoms with E-state index < -0.39 is 0 Å². The van der Waals surface area contributed by atoms with Gasteiger partial charge in [-0.2, -0.15) is 0 Å². The van der Waals surface area contributed by atoms with Crippen molar-refractivity contribution in [1.82, 2.24) is 0 Å². The van der Waals surface area contributed by atoms with E-state index in [-0.39, 0.29) is 0 Å². The molecule has 0 bridgehead atoms. The fraction of sp³-hybridized carbons (Fsp3) is 0.500. The highest BCUT2D eigenvalue weighted by molar-refractivity contribution is 5.32. The molecule has 2 aliphatic rings. The number of allylic oxidation sites excluding steroid dienone is 6. The Hall–Kier alpha value is -0.780. The highest BCUT2D eigenvalue weighted by Gasteiger charge is 2.15. The Kier molecular flexibility index (Phi) is 3.86. The lowest BCUT2D eigenvalue weighted by Crippen LogP contribution is -1.94. The highest BCUT2D eigenvalue weighted by atomic mass is 14.2. The van der Waals surface area contributed by atoms with Gasteiger partial charge in [0.05, 0.1) is 0 Å². The molecule has 1 unspecified atom stereocenters. The Morgan fingerprint density at radius 2 is 2.08 bits per heavy atom. The summed E-state index contributed by atoms with van der Waals surface area (Å²) in [6.07, 6.45) is 15.1. The molecule has 0 saturated heterocycles. The third kappa shape index (κ3) is 2.10. The Labute approximate surface area is 75.7 Å². The van der Waals surface area contributed by atoms with Crippen molar-refractivity contribution >= 4 is 0 Å². The zero-order valence-corrected chi connectivity index (χ0v) is 8.09. The maximum absolute atomic E-state index is 2.29. The standard InChI is InChI=1S/C10H12.C2H6/c1-2-5-9-7-4-8-10(9)6-3-1;1-2/h1-2,4-5,7,10H,3,6,8H2;1-2H3. The van der Waals surface area contributed by atoms with Gasteiger partial charge in [-0.05, 0) is 30.8 Å². The predicted molar refractivity (Wildman–Crippen MR) is 55.1 cm³/mol. The van der Waals surface area contributed by atoms with Crippen molar-refractivity contribution in [3.05, 3.63) is 36.0 Å². The van der Waals surface area contributed by atoms with Gasteiger partial charge in [0.15, 0.2) is 0 Å². The second kappa shape index (κ2) is 4.97. The summed E-state index contributed by atoms with van der Waals surface area (Å²) in [5.41, 5.74) is 1.54. The molecule has 0 aromatic rings. The van der Waals surface area contributed by atoms with Gasteiger partial charge in [0, 0.05) is 0 Å². The van der Waals surface area contributed by atoms with E-state index in [0.29, 0.717) is 0 Å². The summed E-state index contributed by atoms with van der Waals surface area (Å²) in [4.78, 5) is 0. The van der Waals surface area contributed by atoms with Gasteiger partial charge in [-0.3, -0.25) is 0 Å². The molecule has 0 N–H and O–H groups in total. The van der Waals surface area contributed by atoms with Crippen LogP contribution >= 0.6 is 0 Å². The quantitative estimate of drug-likeness (QED) is 0.507. The van der Waals surface area contributed by atoms with E-state index in [2.05, 4.69) is 30.4 Å². The van der Waals surface area contributed by atoms with Gasteiger partial charge in [-0.15, -0.1) is 0 Å². The van der Waals surface area contributed by atoms with Crippen molar-refractivity contribution < 1.29 is 0 Å². The Bertz CT molecular complexity index is 206. The van der Waals surface area contributed by atoms with Crippen molar-refractivity contribution in [2.45, 2.75) is 33.1 Å². The van der Waals surface area contributed by atoms with E-state index in [9.17, 15) is 0 Å². The third-order valence-corrected chi connectivity index (χ3v) is 2.31. The first-order valence-electron chi connectivity index (χ1n) is 5.00. The van der Waals surface area contributed by atoms with E-state index in [1.54, 1.807) is 0 Å². The number of hydrogen-bond donors (Lipinski definition) is 0. The maximum atomic E-state index is 2.29. The highest BCUT2D eigenvalue weighted by Crippen LogP contribution is 2.30. The lowest BCUT2D eigenvalue weighted by atomic mass is 9.98. The number of hydrogen-bond acceptors (Lipinski definition) is 0. The maximum Gasteiger partial charge on any atom is -0.0124 e. The van der Waals surface area contributed by atoms with Crippen LogP contribution in [0.2, 0.25) is 0 Å². The molecule has 0 nitrogen and oxygen atoms in total. The first kappa shape index (κ1) is 9.31. The molecule has 0 heterocycles. The monoisotopic (exact) mass is 162 g/mol. The average Bonchev–Trinajstić information content (AvgIpc) is 2.46. The zero-order chi connectivity index (χ0) is 8.81. The van der Waals surface area contributed by atoms with E-state index in [1.165, 1.54) is 24.8 Å². The van der Waals surface area contributed by atoms with E-state index in [4.69, 9.17) is 0 Å². The van der Waals surface area contributed by atoms with Crippen LogP contribution in [-0.4, -0.2) is 0 Å². The molecule has 0 fully saturated rings. The van der Waals surface area contributed by atoms with E-state index in [0.717, 1.165) is 5.92 Å². The Morgan fingerprint density at radius 1 is 1.25 bits per heavy atom. The second-order valence-electron chi connectivity index (χ2n) is 3.01. The molecule has 0 aliphatic heterocycles. The molecule has 0 spiro atoms. The minimum absolute atomic E-state index is 0.843. The van der Waals surface area contributed by atoms with Crippen molar-refractivity contribution in [3.8, 4) is 0 Å². The molecule has 0 heteroatoms. The Morgan fingerprint density at radius 3 is 2.92 bits per heavy atom. The van der Waals surface area contributed by atoms with Crippen LogP contribution in [0.4, 0.5) is 0 Å². The lowest BCUT2D eigenvalue weighted by molar-refractivity contribution is 0.607. The minimum atomic E-state index is 0.843. The fourth-order valence-corrected chi connectivity index (χ4v) is 1.69. The Balaban J connectivity index is 0.000000336. The molecule has 0 amide bonds. The van der Waals surface area contributed by atoms with E-state index >= 15 is 0 Å². The number of fused-ring (bicyclic) bond motifs is 1. The number of rotatable bonds is 0. The van der Waals surface area contributed by atoms with Gasteiger partial charge in [0.25, 0.3) is 0 Å². The second-order valence-corrected chi connectivity index (χ2v) is 3.01. The minimum Gasteiger partial charge on any atom is -0.0845 e. The summed E-state index contributed by atoms with van der Waals surface area (Å²) in [6, 6.07) is 0. The summed E-state index contributed by atoms with van der Waals surface area (Å²) in [5.74, 6) is 0.843. The third-order valence-electron chi connectivity index (χ3n) is 2.31. The van der Waals surface area contributed by atoms with Crippen LogP contribution in [0.3, 0.4) is 0 Å². The molecule has 2 rings (SSSR count). The summed E-state index contributed by atoms with van der Waals surface area (Å²) in [6.45, 7) is 4.00. The van der Waals surface area contributed by atoms with Crippen molar-refractivity contribution in [1.29, 1.82) is 0 Å². The molecule has 12 heavy (non-hydrogen) atoms. The largest absolute Gasteiger partial charge is 0.0845 e. The first-order chi connectivity index (χ1) is 5.97. The van der Waals surface area contributed by atoms with Gasteiger partial charge < -0.3 is 0 Å². The molecular formula is C12H18. The molecule has 0 aromatic heterocycles. The van der Waals surface area contributed by atoms with Crippen molar-refractivity contribution in [2.24, 2.45) is 5.92 Å². The fourth-order valence-electron chi connectivity index (χ4n) is 1.69. The molecule has 0 radical (unpaired) electrons. The van der Waals surface area contributed by atoms with E-state index in [1.807, 2.05) is 13.8 Å². The average molecular weight is 162 g/mol. The SMILES string of the molecule is C1=CCCC2CC=CC2=C1.CC. The molecular weight excluding hydrogens is 144 g/mol. The van der Waals surface area contributed by atoms with Gasteiger partial charge in [0.2, 0.25) is 0 Å². The molecule has 1 atom stereocenters. The van der Waals surface area contributed by atoms with Crippen molar-refractivity contribution in [3.63, 3.8) is 0 Å². The van der Waals surface area contributed by atoms with Crippen LogP contribution in [0, 0.1) is 5.92 Å². The summed E-state index contributed by atoms with van der Waals surface area (Å²) in [7, 11) is 0. The summed E-state index contributed by atoms with van der Waals surface area (Å²) in [5, 5.41) is 0. The smallest absolute Gasteiger partial charge is 0.0124 e. The van der Waals surface area contributed by atoms with Crippen LogP contribution in [0.1, 0.15) is 33.1 Å². The molecule has 2 aliphatic carbocycles. The normalized spacial score (nSPS) is 25.2. The lowest BCUT2D eigenvalue weighted by Gasteiger charge is -2.07. The van der Waals surface area contributed by atoms with Crippen LogP contribution in [0.5, 0.6) is 0 Å². The van der Waals surface area contributed by atoms with Gasteiger partial charge >= 0.3 is 0 Å². The van der Waals surface area contributed by atoms with Gasteiger partial charge in [-0.1, -0.05) is 44.2 Å². The van der Waals surface area contributed by atoms with Crippen LogP contribution in [0.15, 0.2) is 36.0 Å². The van der Waals surface area contributed by atoms with Crippen LogP contribution < -0.4 is 0 Å². The topological polar surface area (TPSA) is 0 Å². The molecule has 0 aromatic carbocycles. The van der Waals surface area contributed by atoms with Crippen molar-refractivity contribution in [2.75, 3.05) is 0 Å². The van der Waals surface area contributed by atoms with Crippen LogP contribution in [-0.2, 0) is 0 Å². The van der Waals surface area contributed by atoms with Gasteiger partial charge in [-0.25, -0.2) is 0 Å². The summed E-state index contributed by atoms with van der Waals surface area (Å²) < 4.78 is 0. The van der Waals surface area contributed by atoms with Crippen LogP contribution in [0.25, 0.3) is 0 Å². The van der Waals surface area contributed by atoms with Gasteiger partial charge in [0.1, 0.15) is 0 Å². The first-order valence-corrected chi connectivity index (χ1v) is 5.00. The zero-order valence-electron chi connectivity index (χ0n) is 8.09. The molecule has 0 saturated carbocycles. The predicted octanol–water partition coefficient (Wildman–Crippen LogP) is 3.87. The summed E-state index contributed by atoms with van der Waals surface area (Å²) >= 11 is 0. The molecule has 66 valence electrons.